The van der Waals surface area contributed by atoms with E-state index in [0.29, 0.717) is 17.3 Å². The Labute approximate surface area is 116 Å². The summed E-state index contributed by atoms with van der Waals surface area (Å²) in [7, 11) is 0. The molecule has 0 fully saturated rings. The fourth-order valence-corrected chi connectivity index (χ4v) is 2.03. The Bertz CT molecular complexity index is 620. The second kappa shape index (κ2) is 5.45. The predicted molar refractivity (Wildman–Crippen MR) is 74.7 cm³/mol. The number of aromatic carboxylic acids is 1. The van der Waals surface area contributed by atoms with Gasteiger partial charge in [-0.05, 0) is 37.1 Å². The fraction of sp³-hybridized carbons (Fsp3) is 0.286. The van der Waals surface area contributed by atoms with Gasteiger partial charge in [0.1, 0.15) is 5.69 Å². The zero-order valence-electron chi connectivity index (χ0n) is 10.9. The number of benzene rings is 1. The lowest BCUT2D eigenvalue weighted by Gasteiger charge is -2.02. The van der Waals surface area contributed by atoms with Gasteiger partial charge < -0.3 is 5.11 Å². The van der Waals surface area contributed by atoms with Gasteiger partial charge in [-0.1, -0.05) is 24.6 Å². The number of hydrogen-bond acceptors (Lipinski definition) is 2. The van der Waals surface area contributed by atoms with Gasteiger partial charge in [-0.2, -0.15) is 5.10 Å². The maximum Gasteiger partial charge on any atom is 0.354 e. The number of aromatic nitrogens is 2. The largest absolute Gasteiger partial charge is 0.477 e. The zero-order chi connectivity index (χ0) is 14.0. The van der Waals surface area contributed by atoms with Crippen LogP contribution in [0.4, 0.5) is 0 Å². The highest BCUT2D eigenvalue weighted by molar-refractivity contribution is 6.31. The highest BCUT2D eigenvalue weighted by Crippen LogP contribution is 2.24. The first-order valence-corrected chi connectivity index (χ1v) is 6.48. The van der Waals surface area contributed by atoms with Gasteiger partial charge in [0.2, 0.25) is 0 Å². The maximum atomic E-state index is 11.2. The molecule has 2 rings (SSSR count). The molecule has 1 heterocycles. The van der Waals surface area contributed by atoms with Crippen molar-refractivity contribution in [2.24, 2.45) is 0 Å². The summed E-state index contributed by atoms with van der Waals surface area (Å²) in [5.41, 5.74) is 2.69. The van der Waals surface area contributed by atoms with Gasteiger partial charge in [-0.15, -0.1) is 0 Å². The molecule has 0 aliphatic carbocycles. The van der Waals surface area contributed by atoms with E-state index < -0.39 is 5.97 Å². The Morgan fingerprint density at radius 1 is 1.42 bits per heavy atom. The maximum absolute atomic E-state index is 11.2. The van der Waals surface area contributed by atoms with Gasteiger partial charge in [0.15, 0.2) is 0 Å². The van der Waals surface area contributed by atoms with Crippen molar-refractivity contribution in [3.63, 3.8) is 0 Å². The molecule has 0 aliphatic rings. The molecule has 1 N–H and O–H groups in total. The van der Waals surface area contributed by atoms with Crippen LogP contribution in [0.15, 0.2) is 24.3 Å². The van der Waals surface area contributed by atoms with Crippen LogP contribution in [0, 0.1) is 6.92 Å². The molecule has 5 heteroatoms. The van der Waals surface area contributed by atoms with Gasteiger partial charge in [0, 0.05) is 17.1 Å². The molecular formula is C14H15ClN2O2. The second-order valence-corrected chi connectivity index (χ2v) is 4.81. The van der Waals surface area contributed by atoms with E-state index in [1.165, 1.54) is 4.68 Å². The number of nitrogens with zero attached hydrogens (tertiary/aromatic N) is 2. The number of aryl methyl sites for hydroxylation is 2. The summed E-state index contributed by atoms with van der Waals surface area (Å²) in [6.07, 6.45) is 0.834. The van der Waals surface area contributed by atoms with E-state index >= 15 is 0 Å². The molecule has 0 aliphatic heterocycles. The molecular weight excluding hydrogens is 264 g/mol. The third-order valence-corrected chi connectivity index (χ3v) is 3.31. The van der Waals surface area contributed by atoms with Crippen LogP contribution in [0.5, 0.6) is 0 Å². The van der Waals surface area contributed by atoms with Crippen molar-refractivity contribution in [2.45, 2.75) is 26.8 Å². The molecule has 0 saturated heterocycles. The standard InChI is InChI=1S/C14H15ClN2O2/c1-3-6-17-13(14(18)19)8-12(16-17)10-4-5-11(15)9(2)7-10/h4-5,7-8H,3,6H2,1-2H3,(H,18,19). The summed E-state index contributed by atoms with van der Waals surface area (Å²) >= 11 is 5.99. The minimum Gasteiger partial charge on any atom is -0.477 e. The normalized spacial score (nSPS) is 10.7. The second-order valence-electron chi connectivity index (χ2n) is 4.41. The summed E-state index contributed by atoms with van der Waals surface area (Å²) in [4.78, 5) is 11.2. The number of hydrogen-bond donors (Lipinski definition) is 1. The van der Waals surface area contributed by atoms with Crippen LogP contribution in [-0.4, -0.2) is 20.9 Å². The molecule has 1 aromatic heterocycles. The lowest BCUT2D eigenvalue weighted by Crippen LogP contribution is -2.09. The summed E-state index contributed by atoms with van der Waals surface area (Å²) in [6, 6.07) is 7.15. The number of carbonyl (C=O) groups is 1. The van der Waals surface area contributed by atoms with E-state index in [4.69, 9.17) is 16.7 Å². The smallest absolute Gasteiger partial charge is 0.354 e. The van der Waals surface area contributed by atoms with Crippen LogP contribution < -0.4 is 0 Å². The average molecular weight is 279 g/mol. The highest BCUT2D eigenvalue weighted by Gasteiger charge is 2.15. The molecule has 0 spiro atoms. The Morgan fingerprint density at radius 2 is 2.16 bits per heavy atom. The van der Waals surface area contributed by atoms with Crippen LogP contribution in [0.25, 0.3) is 11.3 Å². The number of carboxylic acids is 1. The Balaban J connectivity index is 2.47. The van der Waals surface area contributed by atoms with E-state index in [1.54, 1.807) is 12.1 Å². The summed E-state index contributed by atoms with van der Waals surface area (Å²) in [6.45, 7) is 4.49. The zero-order valence-corrected chi connectivity index (χ0v) is 11.6. The molecule has 100 valence electrons. The average Bonchev–Trinajstić information content (AvgIpc) is 2.77. The van der Waals surface area contributed by atoms with Gasteiger partial charge in [0.25, 0.3) is 0 Å². The van der Waals surface area contributed by atoms with E-state index in [1.807, 2.05) is 26.0 Å². The highest BCUT2D eigenvalue weighted by atomic mass is 35.5. The Kier molecular flexibility index (Phi) is 3.90. The summed E-state index contributed by atoms with van der Waals surface area (Å²) in [5.74, 6) is -0.960. The van der Waals surface area contributed by atoms with Crippen molar-refractivity contribution in [3.05, 3.63) is 40.5 Å². The van der Waals surface area contributed by atoms with E-state index in [0.717, 1.165) is 17.5 Å². The summed E-state index contributed by atoms with van der Waals surface area (Å²) in [5, 5.41) is 14.2. The van der Waals surface area contributed by atoms with Crippen LogP contribution in [0.2, 0.25) is 5.02 Å². The number of rotatable bonds is 4. The van der Waals surface area contributed by atoms with Crippen LogP contribution >= 0.6 is 11.6 Å². The first-order valence-electron chi connectivity index (χ1n) is 6.10. The lowest BCUT2D eigenvalue weighted by molar-refractivity contribution is 0.0683. The van der Waals surface area contributed by atoms with Crippen LogP contribution in [0.1, 0.15) is 29.4 Å². The van der Waals surface area contributed by atoms with Crippen molar-refractivity contribution >= 4 is 17.6 Å². The first kappa shape index (κ1) is 13.6. The molecule has 0 unspecified atom stereocenters. The molecule has 0 radical (unpaired) electrons. The van der Waals surface area contributed by atoms with Crippen molar-refractivity contribution in [3.8, 4) is 11.3 Å². The quantitative estimate of drug-likeness (QED) is 0.929. The predicted octanol–water partition coefficient (Wildman–Crippen LogP) is 3.62. The van der Waals surface area contributed by atoms with Gasteiger partial charge >= 0.3 is 5.97 Å². The minimum atomic E-state index is -0.960. The monoisotopic (exact) mass is 278 g/mol. The summed E-state index contributed by atoms with van der Waals surface area (Å²) < 4.78 is 1.53. The van der Waals surface area contributed by atoms with Gasteiger partial charge in [-0.25, -0.2) is 4.79 Å². The van der Waals surface area contributed by atoms with Crippen molar-refractivity contribution in [1.29, 1.82) is 0 Å². The van der Waals surface area contributed by atoms with E-state index in [2.05, 4.69) is 5.10 Å². The van der Waals surface area contributed by atoms with Crippen molar-refractivity contribution in [1.82, 2.24) is 9.78 Å². The Morgan fingerprint density at radius 3 is 2.74 bits per heavy atom. The minimum absolute atomic E-state index is 0.212. The van der Waals surface area contributed by atoms with Crippen LogP contribution in [0.3, 0.4) is 0 Å². The fourth-order valence-electron chi connectivity index (χ4n) is 1.92. The van der Waals surface area contributed by atoms with E-state index in [9.17, 15) is 4.79 Å². The van der Waals surface area contributed by atoms with Crippen molar-refractivity contribution in [2.75, 3.05) is 0 Å². The lowest BCUT2D eigenvalue weighted by atomic mass is 10.1. The molecule has 0 atom stereocenters. The first-order chi connectivity index (χ1) is 9.02. The van der Waals surface area contributed by atoms with Gasteiger partial charge in [0.05, 0.1) is 5.69 Å². The molecule has 0 saturated carbocycles. The Hall–Kier alpha value is -1.81. The molecule has 0 amide bonds. The van der Waals surface area contributed by atoms with Gasteiger partial charge in [-0.3, -0.25) is 4.68 Å². The molecule has 0 bridgehead atoms. The van der Waals surface area contributed by atoms with E-state index in [-0.39, 0.29) is 5.69 Å². The number of carboxylic acid groups (broad SMARTS) is 1. The third kappa shape index (κ3) is 2.79. The molecule has 4 nitrogen and oxygen atoms in total. The van der Waals surface area contributed by atoms with Crippen molar-refractivity contribution < 1.29 is 9.90 Å². The third-order valence-electron chi connectivity index (χ3n) is 2.89. The SMILES string of the molecule is CCCn1nc(-c2ccc(Cl)c(C)c2)cc1C(=O)O. The molecule has 2 aromatic rings. The molecule has 19 heavy (non-hydrogen) atoms. The molecule has 1 aromatic carbocycles. The number of halogens is 1. The van der Waals surface area contributed by atoms with Crippen LogP contribution in [-0.2, 0) is 6.54 Å². The topological polar surface area (TPSA) is 55.1 Å².